The highest BCUT2D eigenvalue weighted by atomic mass is 16.3. The van der Waals surface area contributed by atoms with Crippen LogP contribution in [0.1, 0.15) is 23.2 Å². The Hall–Kier alpha value is -1.55. The molecule has 3 heterocycles. The molecule has 4 bridgehead atoms. The minimum absolute atomic E-state index is 0.00234. The van der Waals surface area contributed by atoms with Crippen LogP contribution in [0.15, 0.2) is 24.3 Å². The standard InChI is InChI=1S/C16H20N2O2/c19-14-3-1-11(2-4-14)16(20)17-15-12-5-10-6-13(15)9-18(7-10)8-12/h1-4,10,12-13,15,19H,5-9H2,(H,17,20). The number of nitrogens with zero attached hydrogens (tertiary/aromatic N) is 1. The Balaban J connectivity index is 1.49. The molecule has 1 amide bonds. The van der Waals surface area contributed by atoms with Gasteiger partial charge in [0.05, 0.1) is 0 Å². The van der Waals surface area contributed by atoms with Crippen LogP contribution in [-0.4, -0.2) is 41.6 Å². The van der Waals surface area contributed by atoms with Crippen LogP contribution in [0.2, 0.25) is 0 Å². The number of nitrogens with one attached hydrogen (secondary N) is 1. The number of amides is 1. The van der Waals surface area contributed by atoms with Crippen molar-refractivity contribution in [2.24, 2.45) is 17.8 Å². The van der Waals surface area contributed by atoms with Crippen molar-refractivity contribution in [3.05, 3.63) is 29.8 Å². The van der Waals surface area contributed by atoms with Crippen LogP contribution < -0.4 is 5.32 Å². The highest BCUT2D eigenvalue weighted by Crippen LogP contribution is 2.43. The van der Waals surface area contributed by atoms with Gasteiger partial charge in [-0.2, -0.15) is 0 Å². The number of piperidine rings is 3. The molecule has 106 valence electrons. The largest absolute Gasteiger partial charge is 0.508 e. The predicted octanol–water partition coefficient (Wildman–Crippen LogP) is 1.46. The molecule has 1 aromatic carbocycles. The number of hydrogen-bond acceptors (Lipinski definition) is 3. The van der Waals surface area contributed by atoms with Gasteiger partial charge in [-0.3, -0.25) is 4.79 Å². The fourth-order valence-corrected chi connectivity index (χ4v) is 4.49. The van der Waals surface area contributed by atoms with Crippen LogP contribution in [-0.2, 0) is 0 Å². The smallest absolute Gasteiger partial charge is 0.251 e. The second kappa shape index (κ2) is 4.48. The number of benzene rings is 1. The Morgan fingerprint density at radius 2 is 1.75 bits per heavy atom. The van der Waals surface area contributed by atoms with Gasteiger partial charge < -0.3 is 15.3 Å². The van der Waals surface area contributed by atoms with E-state index in [0.29, 0.717) is 23.4 Å². The Morgan fingerprint density at radius 3 is 2.35 bits per heavy atom. The Morgan fingerprint density at radius 1 is 1.10 bits per heavy atom. The summed E-state index contributed by atoms with van der Waals surface area (Å²) in [6.07, 6.45) is 2.54. The van der Waals surface area contributed by atoms with Crippen molar-refractivity contribution < 1.29 is 9.90 Å². The van der Waals surface area contributed by atoms with Gasteiger partial charge in [-0.05, 0) is 54.9 Å². The zero-order valence-electron chi connectivity index (χ0n) is 11.5. The van der Waals surface area contributed by atoms with Crippen LogP contribution in [0, 0.1) is 17.8 Å². The summed E-state index contributed by atoms with van der Waals surface area (Å²) in [6, 6.07) is 6.84. The number of hydrogen-bond donors (Lipinski definition) is 2. The number of phenols is 1. The molecule has 1 aromatic rings. The van der Waals surface area contributed by atoms with Gasteiger partial charge in [0.15, 0.2) is 0 Å². The van der Waals surface area contributed by atoms with Gasteiger partial charge in [-0.25, -0.2) is 0 Å². The zero-order valence-corrected chi connectivity index (χ0v) is 11.5. The molecule has 2 unspecified atom stereocenters. The summed E-state index contributed by atoms with van der Waals surface area (Å²) >= 11 is 0. The van der Waals surface area contributed by atoms with E-state index < -0.39 is 0 Å². The van der Waals surface area contributed by atoms with Crippen molar-refractivity contribution in [3.8, 4) is 5.75 Å². The van der Waals surface area contributed by atoms with Gasteiger partial charge in [0.2, 0.25) is 0 Å². The lowest BCUT2D eigenvalue weighted by molar-refractivity contribution is -0.0418. The van der Waals surface area contributed by atoms with Gasteiger partial charge in [0.1, 0.15) is 5.75 Å². The number of rotatable bonds is 2. The van der Waals surface area contributed by atoms with Gasteiger partial charge >= 0.3 is 0 Å². The van der Waals surface area contributed by atoms with E-state index in [0.717, 1.165) is 19.0 Å². The molecule has 4 nitrogen and oxygen atoms in total. The Bertz CT molecular complexity index is 498. The SMILES string of the molecule is O=C(NC1C2CC3CC1CN(C3)C2)c1ccc(O)cc1. The van der Waals surface area contributed by atoms with E-state index in [4.69, 9.17) is 0 Å². The maximum atomic E-state index is 12.3. The van der Waals surface area contributed by atoms with Crippen molar-refractivity contribution in [2.45, 2.75) is 18.9 Å². The molecule has 3 aliphatic heterocycles. The van der Waals surface area contributed by atoms with Crippen molar-refractivity contribution >= 4 is 5.91 Å². The third kappa shape index (κ3) is 1.99. The summed E-state index contributed by atoms with van der Waals surface area (Å²) < 4.78 is 0. The van der Waals surface area contributed by atoms with Gasteiger partial charge in [0, 0.05) is 31.2 Å². The van der Waals surface area contributed by atoms with Crippen LogP contribution in [0.25, 0.3) is 0 Å². The van der Waals surface area contributed by atoms with Crippen molar-refractivity contribution in [1.82, 2.24) is 10.2 Å². The Labute approximate surface area is 118 Å². The lowest BCUT2D eigenvalue weighted by Crippen LogP contribution is -2.64. The van der Waals surface area contributed by atoms with Crippen LogP contribution in [0.4, 0.5) is 0 Å². The number of carbonyl (C=O) groups is 1. The molecule has 1 aliphatic carbocycles. The van der Waals surface area contributed by atoms with Crippen molar-refractivity contribution in [2.75, 3.05) is 19.6 Å². The summed E-state index contributed by atoms with van der Waals surface area (Å²) in [5.74, 6) is 2.31. The molecule has 4 heteroatoms. The third-order valence-corrected chi connectivity index (χ3v) is 5.22. The van der Waals surface area contributed by atoms with E-state index in [1.807, 2.05) is 0 Å². The highest BCUT2D eigenvalue weighted by Gasteiger charge is 2.47. The van der Waals surface area contributed by atoms with Crippen molar-refractivity contribution in [3.63, 3.8) is 0 Å². The summed E-state index contributed by atoms with van der Waals surface area (Å²) in [7, 11) is 0. The molecule has 3 saturated heterocycles. The average Bonchev–Trinajstić information content (AvgIpc) is 2.42. The van der Waals surface area contributed by atoms with E-state index >= 15 is 0 Å². The second-order valence-corrected chi connectivity index (χ2v) is 6.62. The fraction of sp³-hybridized carbons (Fsp3) is 0.562. The van der Waals surface area contributed by atoms with Crippen LogP contribution in [0.3, 0.4) is 0 Å². The predicted molar refractivity (Wildman–Crippen MR) is 75.5 cm³/mol. The van der Waals surface area contributed by atoms with E-state index in [1.54, 1.807) is 24.3 Å². The first kappa shape index (κ1) is 12.2. The topological polar surface area (TPSA) is 52.6 Å². The monoisotopic (exact) mass is 272 g/mol. The first-order chi connectivity index (χ1) is 9.69. The van der Waals surface area contributed by atoms with Gasteiger partial charge in [-0.1, -0.05) is 0 Å². The lowest BCUT2D eigenvalue weighted by atomic mass is 9.65. The molecule has 2 N–H and O–H groups in total. The minimum Gasteiger partial charge on any atom is -0.508 e. The molecule has 0 radical (unpaired) electrons. The van der Waals surface area contributed by atoms with Crippen LogP contribution >= 0.6 is 0 Å². The maximum Gasteiger partial charge on any atom is 0.251 e. The maximum absolute atomic E-state index is 12.3. The van der Waals surface area contributed by atoms with E-state index in [-0.39, 0.29) is 11.7 Å². The van der Waals surface area contributed by atoms with E-state index in [9.17, 15) is 9.90 Å². The molecule has 4 aliphatic rings. The van der Waals surface area contributed by atoms with Crippen LogP contribution in [0.5, 0.6) is 5.75 Å². The van der Waals surface area contributed by atoms with Gasteiger partial charge in [-0.15, -0.1) is 0 Å². The number of carbonyl (C=O) groups excluding carboxylic acids is 1. The highest BCUT2D eigenvalue weighted by molar-refractivity contribution is 5.94. The fourth-order valence-electron chi connectivity index (χ4n) is 4.49. The summed E-state index contributed by atoms with van der Waals surface area (Å²) in [5, 5.41) is 12.5. The van der Waals surface area contributed by atoms with Crippen molar-refractivity contribution in [1.29, 1.82) is 0 Å². The lowest BCUT2D eigenvalue weighted by Gasteiger charge is -2.55. The van der Waals surface area contributed by atoms with E-state index in [1.165, 1.54) is 19.4 Å². The molecule has 0 aromatic heterocycles. The molecule has 1 saturated carbocycles. The quantitative estimate of drug-likeness (QED) is 0.857. The molecule has 20 heavy (non-hydrogen) atoms. The minimum atomic E-state index is -0.00234. The molecule has 4 fully saturated rings. The molecular weight excluding hydrogens is 252 g/mol. The first-order valence-electron chi connectivity index (χ1n) is 7.51. The zero-order chi connectivity index (χ0) is 13.7. The first-order valence-corrected chi connectivity index (χ1v) is 7.51. The summed E-state index contributed by atoms with van der Waals surface area (Å²) in [5.41, 5.74) is 0.636. The Kier molecular flexibility index (Phi) is 2.74. The normalized spacial score (nSPS) is 37.9. The third-order valence-electron chi connectivity index (χ3n) is 5.22. The summed E-state index contributed by atoms with van der Waals surface area (Å²) in [4.78, 5) is 14.9. The average molecular weight is 272 g/mol. The molecular formula is C16H20N2O2. The van der Waals surface area contributed by atoms with Gasteiger partial charge in [0.25, 0.3) is 5.91 Å². The number of aromatic hydroxyl groups is 1. The molecule has 5 rings (SSSR count). The molecule has 2 atom stereocenters. The second-order valence-electron chi connectivity index (χ2n) is 6.62. The number of phenolic OH excluding ortho intramolecular Hbond substituents is 1. The molecule has 0 spiro atoms. The summed E-state index contributed by atoms with van der Waals surface area (Å²) in [6.45, 7) is 3.56. The van der Waals surface area contributed by atoms with E-state index in [2.05, 4.69) is 10.2 Å².